The number of benzene rings is 1. The summed E-state index contributed by atoms with van der Waals surface area (Å²) < 4.78 is 0. The second kappa shape index (κ2) is 5.65. The van der Waals surface area contributed by atoms with Crippen molar-refractivity contribution in [1.82, 2.24) is 20.4 Å². The van der Waals surface area contributed by atoms with Crippen molar-refractivity contribution in [2.75, 3.05) is 0 Å². The lowest BCUT2D eigenvalue weighted by Gasteiger charge is -2.19. The van der Waals surface area contributed by atoms with Crippen molar-refractivity contribution in [3.63, 3.8) is 0 Å². The molecule has 0 N–H and O–H groups in total. The van der Waals surface area contributed by atoms with Gasteiger partial charge in [0.1, 0.15) is 0 Å². The van der Waals surface area contributed by atoms with E-state index in [0.717, 1.165) is 5.75 Å². The molecule has 0 aliphatic carbocycles. The van der Waals surface area contributed by atoms with E-state index in [1.54, 1.807) is 18.7 Å². The Balaban J connectivity index is 1.98. The first-order valence-corrected chi connectivity index (χ1v) is 7.20. The molecule has 4 nitrogen and oxygen atoms in total. The second-order valence-electron chi connectivity index (χ2n) is 5.47. The summed E-state index contributed by atoms with van der Waals surface area (Å²) in [5, 5.41) is 16.4. The van der Waals surface area contributed by atoms with Crippen LogP contribution in [0.4, 0.5) is 0 Å². The summed E-state index contributed by atoms with van der Waals surface area (Å²) in [7, 11) is 0. The third-order valence-electron chi connectivity index (χ3n) is 2.75. The van der Waals surface area contributed by atoms with Crippen LogP contribution in [0.5, 0.6) is 0 Å². The normalized spacial score (nSPS) is 11.6. The van der Waals surface area contributed by atoms with E-state index < -0.39 is 0 Å². The monoisotopic (exact) mass is 274 g/mol. The minimum atomic E-state index is 0.194. The molecule has 5 heteroatoms. The van der Waals surface area contributed by atoms with Gasteiger partial charge in [0.25, 0.3) is 0 Å². The third kappa shape index (κ3) is 3.99. The van der Waals surface area contributed by atoms with Crippen LogP contribution >= 0.6 is 11.8 Å². The lowest BCUT2D eigenvalue weighted by Crippen LogP contribution is -2.10. The Labute approximate surface area is 118 Å². The van der Waals surface area contributed by atoms with E-state index in [-0.39, 0.29) is 5.41 Å². The molecular formula is C14H18N4S. The van der Waals surface area contributed by atoms with Gasteiger partial charge in [-0.3, -0.25) is 0 Å². The summed E-state index contributed by atoms with van der Waals surface area (Å²) in [5.74, 6) is 1.43. The molecule has 0 bridgehead atoms. The lowest BCUT2D eigenvalue weighted by molar-refractivity contribution is 0.590. The van der Waals surface area contributed by atoms with Crippen LogP contribution in [-0.4, -0.2) is 20.4 Å². The molecule has 2 aromatic rings. The Kier molecular flexibility index (Phi) is 4.14. The van der Waals surface area contributed by atoms with Crippen molar-refractivity contribution in [3.8, 4) is 0 Å². The topological polar surface area (TPSA) is 51.6 Å². The molecule has 2 rings (SSSR count). The van der Waals surface area contributed by atoms with Crippen molar-refractivity contribution in [2.24, 2.45) is 0 Å². The highest BCUT2D eigenvalue weighted by Gasteiger charge is 2.12. The molecule has 0 spiro atoms. The Hall–Kier alpha value is -1.49. The predicted molar refractivity (Wildman–Crippen MR) is 77.1 cm³/mol. The minimum absolute atomic E-state index is 0.194. The Morgan fingerprint density at radius 3 is 2.05 bits per heavy atom. The SMILES string of the molecule is Cc1nnc(SCc2ccc(C(C)(C)C)cc2)nn1. The van der Waals surface area contributed by atoms with Crippen LogP contribution in [0.25, 0.3) is 0 Å². The molecular weight excluding hydrogens is 256 g/mol. The number of aryl methyl sites for hydroxylation is 1. The number of nitrogens with zero attached hydrogens (tertiary/aromatic N) is 4. The maximum atomic E-state index is 3.99. The summed E-state index contributed by atoms with van der Waals surface area (Å²) in [6.07, 6.45) is 0. The van der Waals surface area contributed by atoms with Crippen molar-refractivity contribution in [3.05, 3.63) is 41.2 Å². The first-order valence-electron chi connectivity index (χ1n) is 6.21. The highest BCUT2D eigenvalue weighted by atomic mass is 32.2. The van der Waals surface area contributed by atoms with Crippen molar-refractivity contribution in [2.45, 2.75) is 44.0 Å². The molecule has 0 saturated carbocycles. The van der Waals surface area contributed by atoms with Crippen LogP contribution in [0.3, 0.4) is 0 Å². The molecule has 1 aromatic heterocycles. The average molecular weight is 274 g/mol. The second-order valence-corrected chi connectivity index (χ2v) is 6.41. The summed E-state index contributed by atoms with van der Waals surface area (Å²) >= 11 is 1.55. The third-order valence-corrected chi connectivity index (χ3v) is 3.65. The van der Waals surface area contributed by atoms with E-state index in [9.17, 15) is 0 Å². The molecule has 0 saturated heterocycles. The van der Waals surface area contributed by atoms with Crippen LogP contribution < -0.4 is 0 Å². The molecule has 0 aliphatic heterocycles. The van der Waals surface area contributed by atoms with Gasteiger partial charge in [0, 0.05) is 5.75 Å². The fraction of sp³-hybridized carbons (Fsp3) is 0.429. The van der Waals surface area contributed by atoms with Gasteiger partial charge in [-0.25, -0.2) is 0 Å². The van der Waals surface area contributed by atoms with Gasteiger partial charge in [0.15, 0.2) is 5.82 Å². The van der Waals surface area contributed by atoms with Gasteiger partial charge >= 0.3 is 0 Å². The largest absolute Gasteiger partial charge is 0.230 e. The Morgan fingerprint density at radius 2 is 1.53 bits per heavy atom. The van der Waals surface area contributed by atoms with Gasteiger partial charge in [0.2, 0.25) is 5.16 Å². The van der Waals surface area contributed by atoms with Crippen molar-refractivity contribution < 1.29 is 0 Å². The van der Waals surface area contributed by atoms with E-state index in [1.165, 1.54) is 11.1 Å². The zero-order chi connectivity index (χ0) is 13.9. The molecule has 19 heavy (non-hydrogen) atoms. The van der Waals surface area contributed by atoms with Gasteiger partial charge < -0.3 is 0 Å². The number of thioether (sulfide) groups is 1. The van der Waals surface area contributed by atoms with Gasteiger partial charge in [-0.15, -0.1) is 20.4 Å². The zero-order valence-electron chi connectivity index (χ0n) is 11.7. The Morgan fingerprint density at radius 1 is 0.947 bits per heavy atom. The predicted octanol–water partition coefficient (Wildman–Crippen LogP) is 3.16. The van der Waals surface area contributed by atoms with E-state index >= 15 is 0 Å². The van der Waals surface area contributed by atoms with Gasteiger partial charge in [0.05, 0.1) is 0 Å². The van der Waals surface area contributed by atoms with Crippen LogP contribution in [0.1, 0.15) is 37.7 Å². The smallest absolute Gasteiger partial charge is 0.131 e. The average Bonchev–Trinajstić information content (AvgIpc) is 2.37. The minimum Gasteiger partial charge on any atom is -0.131 e. The van der Waals surface area contributed by atoms with Crippen LogP contribution in [-0.2, 0) is 11.2 Å². The highest BCUT2D eigenvalue weighted by molar-refractivity contribution is 7.98. The van der Waals surface area contributed by atoms with E-state index in [0.29, 0.717) is 11.0 Å². The molecule has 1 heterocycles. The fourth-order valence-corrected chi connectivity index (χ4v) is 2.26. The van der Waals surface area contributed by atoms with Gasteiger partial charge in [-0.05, 0) is 23.5 Å². The number of rotatable bonds is 3. The van der Waals surface area contributed by atoms with E-state index in [2.05, 4.69) is 65.4 Å². The molecule has 1 aromatic carbocycles. The molecule has 0 fully saturated rings. The van der Waals surface area contributed by atoms with Crippen LogP contribution in [0.15, 0.2) is 29.4 Å². The molecule has 0 atom stereocenters. The van der Waals surface area contributed by atoms with Crippen LogP contribution in [0.2, 0.25) is 0 Å². The van der Waals surface area contributed by atoms with Crippen LogP contribution in [0, 0.1) is 6.92 Å². The number of aromatic nitrogens is 4. The van der Waals surface area contributed by atoms with Crippen molar-refractivity contribution in [1.29, 1.82) is 0 Å². The molecule has 0 aliphatic rings. The Bertz CT molecular complexity index is 529. The lowest BCUT2D eigenvalue weighted by atomic mass is 9.87. The maximum absolute atomic E-state index is 3.99. The molecule has 0 amide bonds. The zero-order valence-corrected chi connectivity index (χ0v) is 12.5. The maximum Gasteiger partial charge on any atom is 0.230 e. The standard InChI is InChI=1S/C14H18N4S/c1-10-15-17-13(18-16-10)19-9-11-5-7-12(8-6-11)14(2,3)4/h5-8H,9H2,1-4H3. The van der Waals surface area contributed by atoms with E-state index in [1.807, 2.05) is 0 Å². The fourth-order valence-electron chi connectivity index (χ4n) is 1.58. The summed E-state index contributed by atoms with van der Waals surface area (Å²) in [6, 6.07) is 8.68. The summed E-state index contributed by atoms with van der Waals surface area (Å²) in [5.41, 5.74) is 2.79. The molecule has 100 valence electrons. The van der Waals surface area contributed by atoms with E-state index in [4.69, 9.17) is 0 Å². The quantitative estimate of drug-likeness (QED) is 0.805. The first kappa shape index (κ1) is 13.9. The van der Waals surface area contributed by atoms with Crippen molar-refractivity contribution >= 4 is 11.8 Å². The summed E-state index contributed by atoms with van der Waals surface area (Å²) in [6.45, 7) is 8.43. The highest BCUT2D eigenvalue weighted by Crippen LogP contribution is 2.24. The number of hydrogen-bond acceptors (Lipinski definition) is 5. The first-order chi connectivity index (χ1) is 8.95. The summed E-state index contributed by atoms with van der Waals surface area (Å²) in [4.78, 5) is 0. The van der Waals surface area contributed by atoms with Gasteiger partial charge in [-0.2, -0.15) is 0 Å². The number of hydrogen-bond donors (Lipinski definition) is 0. The molecule has 0 unspecified atom stereocenters. The molecule has 0 radical (unpaired) electrons. The van der Waals surface area contributed by atoms with Gasteiger partial charge in [-0.1, -0.05) is 56.8 Å².